The van der Waals surface area contributed by atoms with Crippen molar-refractivity contribution in [3.05, 3.63) is 11.6 Å². The minimum Gasteiger partial charge on any atom is -0.377 e. The molecule has 1 aromatic heterocycles. The van der Waals surface area contributed by atoms with Gasteiger partial charge in [0, 0.05) is 13.2 Å². The minimum absolute atomic E-state index is 0.0383. The lowest BCUT2D eigenvalue weighted by Gasteiger charge is -2.26. The molecule has 0 bridgehead atoms. The average Bonchev–Trinajstić information content (AvgIpc) is 2.80. The highest BCUT2D eigenvalue weighted by Crippen LogP contribution is 2.24. The van der Waals surface area contributed by atoms with Crippen LogP contribution in [0.5, 0.6) is 0 Å². The van der Waals surface area contributed by atoms with Crippen LogP contribution in [0, 0.1) is 6.92 Å². The van der Waals surface area contributed by atoms with Gasteiger partial charge in [-0.05, 0) is 39.0 Å². The van der Waals surface area contributed by atoms with Crippen LogP contribution in [0.1, 0.15) is 49.8 Å². The lowest BCUT2D eigenvalue weighted by atomic mass is 10.1. The van der Waals surface area contributed by atoms with Gasteiger partial charge in [0.05, 0.1) is 17.9 Å². The Hall–Kier alpha value is -0.990. The maximum absolute atomic E-state index is 12.3. The van der Waals surface area contributed by atoms with E-state index in [1.54, 1.807) is 0 Å². The highest BCUT2D eigenvalue weighted by molar-refractivity contribution is 7.89. The molecule has 3 rings (SSSR count). The summed E-state index contributed by atoms with van der Waals surface area (Å²) in [6, 6.07) is -0.270. The number of rotatable bonds is 4. The standard InChI is InChI=1S/C13H22N4O3S/c1-10-14-13-12(6-4-7-17(13)15-10)16-21(18,19)9-11-5-2-3-8-20-11/h11-12,16H,2-9H2,1H3/t11-,12-/m0/s1. The van der Waals surface area contributed by atoms with E-state index < -0.39 is 10.0 Å². The van der Waals surface area contributed by atoms with E-state index in [-0.39, 0.29) is 17.9 Å². The summed E-state index contributed by atoms with van der Waals surface area (Å²) in [4.78, 5) is 4.36. The molecule has 118 valence electrons. The van der Waals surface area contributed by atoms with Crippen molar-refractivity contribution in [2.75, 3.05) is 12.4 Å². The Morgan fingerprint density at radius 2 is 2.19 bits per heavy atom. The maximum Gasteiger partial charge on any atom is 0.214 e. The Kier molecular flexibility index (Phi) is 4.28. The Balaban J connectivity index is 1.68. The zero-order valence-electron chi connectivity index (χ0n) is 12.3. The van der Waals surface area contributed by atoms with Gasteiger partial charge < -0.3 is 4.74 Å². The zero-order chi connectivity index (χ0) is 14.9. The molecular weight excluding hydrogens is 292 g/mol. The fraction of sp³-hybridized carbons (Fsp3) is 0.846. The Labute approximate surface area is 125 Å². The third kappa shape index (κ3) is 3.61. The first-order valence-corrected chi connectivity index (χ1v) is 9.22. The van der Waals surface area contributed by atoms with E-state index in [4.69, 9.17) is 4.74 Å². The molecule has 1 saturated heterocycles. The number of aryl methyl sites for hydroxylation is 2. The summed E-state index contributed by atoms with van der Waals surface area (Å²) in [5.74, 6) is 1.45. The molecule has 1 fully saturated rings. The van der Waals surface area contributed by atoms with Crippen LogP contribution in [0.4, 0.5) is 0 Å². The van der Waals surface area contributed by atoms with E-state index in [0.29, 0.717) is 12.4 Å². The van der Waals surface area contributed by atoms with Gasteiger partial charge in [0.1, 0.15) is 11.6 Å². The minimum atomic E-state index is -3.37. The molecule has 7 nitrogen and oxygen atoms in total. The number of hydrogen-bond donors (Lipinski definition) is 1. The lowest BCUT2D eigenvalue weighted by Crippen LogP contribution is -2.39. The molecule has 0 saturated carbocycles. The quantitative estimate of drug-likeness (QED) is 0.892. The van der Waals surface area contributed by atoms with Crippen molar-refractivity contribution in [2.24, 2.45) is 0 Å². The summed E-state index contributed by atoms with van der Waals surface area (Å²) >= 11 is 0. The van der Waals surface area contributed by atoms with Crippen molar-refractivity contribution >= 4 is 10.0 Å². The highest BCUT2D eigenvalue weighted by atomic mass is 32.2. The summed E-state index contributed by atoms with van der Waals surface area (Å²) in [5, 5.41) is 4.29. The van der Waals surface area contributed by atoms with Gasteiger partial charge in [0.2, 0.25) is 10.0 Å². The molecule has 0 unspecified atom stereocenters. The molecule has 0 radical (unpaired) electrons. The van der Waals surface area contributed by atoms with Crippen LogP contribution in [0.25, 0.3) is 0 Å². The van der Waals surface area contributed by atoms with Crippen molar-refractivity contribution in [1.29, 1.82) is 0 Å². The second kappa shape index (κ2) is 6.02. The number of sulfonamides is 1. The molecule has 3 heterocycles. The van der Waals surface area contributed by atoms with Crippen molar-refractivity contribution < 1.29 is 13.2 Å². The van der Waals surface area contributed by atoms with Gasteiger partial charge in [0.15, 0.2) is 0 Å². The first-order valence-electron chi connectivity index (χ1n) is 7.56. The van der Waals surface area contributed by atoms with Crippen molar-refractivity contribution in [1.82, 2.24) is 19.5 Å². The van der Waals surface area contributed by atoms with E-state index >= 15 is 0 Å². The van der Waals surface area contributed by atoms with Gasteiger partial charge in [-0.1, -0.05) is 0 Å². The number of fused-ring (bicyclic) bond motifs is 1. The lowest BCUT2D eigenvalue weighted by molar-refractivity contribution is 0.0303. The third-order valence-corrected chi connectivity index (χ3v) is 5.44. The monoisotopic (exact) mass is 314 g/mol. The summed E-state index contributed by atoms with van der Waals surface area (Å²) in [6.07, 6.45) is 4.37. The van der Waals surface area contributed by atoms with Crippen LogP contribution >= 0.6 is 0 Å². The Morgan fingerprint density at radius 1 is 1.33 bits per heavy atom. The predicted octanol–water partition coefficient (Wildman–Crippen LogP) is 0.910. The normalized spacial score (nSPS) is 26.5. The molecule has 1 N–H and O–H groups in total. The van der Waals surface area contributed by atoms with Crippen LogP contribution in [-0.4, -0.2) is 41.6 Å². The van der Waals surface area contributed by atoms with E-state index in [1.807, 2.05) is 11.6 Å². The molecule has 21 heavy (non-hydrogen) atoms. The van der Waals surface area contributed by atoms with E-state index in [1.165, 1.54) is 0 Å². The first kappa shape index (κ1) is 14.9. The first-order chi connectivity index (χ1) is 10.0. The maximum atomic E-state index is 12.3. The number of ether oxygens (including phenoxy) is 1. The van der Waals surface area contributed by atoms with E-state index in [2.05, 4.69) is 14.8 Å². The molecule has 8 heteroatoms. The molecule has 0 aliphatic carbocycles. The van der Waals surface area contributed by atoms with Crippen molar-refractivity contribution in [2.45, 2.75) is 57.7 Å². The summed E-state index contributed by atoms with van der Waals surface area (Å²) < 4.78 is 34.8. The topological polar surface area (TPSA) is 86.1 Å². The molecule has 1 aromatic rings. The van der Waals surface area contributed by atoms with Crippen LogP contribution in [-0.2, 0) is 21.3 Å². The predicted molar refractivity (Wildman–Crippen MR) is 77.2 cm³/mol. The van der Waals surface area contributed by atoms with Gasteiger partial charge in [0.25, 0.3) is 0 Å². The number of aromatic nitrogens is 3. The SMILES string of the molecule is Cc1nc2n(n1)CCC[C@@H]2NS(=O)(=O)C[C@@H]1CCCCO1. The van der Waals surface area contributed by atoms with Crippen molar-refractivity contribution in [3.8, 4) is 0 Å². The molecule has 2 aliphatic rings. The highest BCUT2D eigenvalue weighted by Gasteiger charge is 2.29. The van der Waals surface area contributed by atoms with E-state index in [9.17, 15) is 8.42 Å². The second-order valence-corrected chi connectivity index (χ2v) is 7.62. The zero-order valence-corrected chi connectivity index (χ0v) is 13.1. The van der Waals surface area contributed by atoms with Gasteiger partial charge >= 0.3 is 0 Å². The van der Waals surface area contributed by atoms with Crippen LogP contribution < -0.4 is 4.72 Å². The second-order valence-electron chi connectivity index (χ2n) is 5.82. The molecule has 2 atom stereocenters. The largest absolute Gasteiger partial charge is 0.377 e. The van der Waals surface area contributed by atoms with Gasteiger partial charge in [-0.15, -0.1) is 0 Å². The van der Waals surface area contributed by atoms with Gasteiger partial charge in [-0.2, -0.15) is 5.10 Å². The van der Waals surface area contributed by atoms with Gasteiger partial charge in [-0.25, -0.2) is 22.8 Å². The smallest absolute Gasteiger partial charge is 0.214 e. The number of nitrogens with zero attached hydrogens (tertiary/aromatic N) is 3. The van der Waals surface area contributed by atoms with Crippen LogP contribution in [0.2, 0.25) is 0 Å². The Bertz CT molecular complexity index is 593. The van der Waals surface area contributed by atoms with Crippen LogP contribution in [0.15, 0.2) is 0 Å². The molecule has 0 spiro atoms. The number of nitrogens with one attached hydrogen (secondary N) is 1. The Morgan fingerprint density at radius 3 is 2.95 bits per heavy atom. The van der Waals surface area contributed by atoms with E-state index in [0.717, 1.165) is 44.5 Å². The third-order valence-electron chi connectivity index (χ3n) is 3.98. The summed E-state index contributed by atoms with van der Waals surface area (Å²) in [6.45, 7) is 3.30. The molecule has 2 aliphatic heterocycles. The average molecular weight is 314 g/mol. The number of hydrogen-bond acceptors (Lipinski definition) is 5. The molecule has 0 aromatic carbocycles. The van der Waals surface area contributed by atoms with Crippen molar-refractivity contribution in [3.63, 3.8) is 0 Å². The summed E-state index contributed by atoms with van der Waals surface area (Å²) in [7, 11) is -3.37. The fourth-order valence-electron chi connectivity index (χ4n) is 3.03. The molecular formula is C13H22N4O3S. The molecule has 0 amide bonds. The fourth-order valence-corrected chi connectivity index (χ4v) is 4.53. The van der Waals surface area contributed by atoms with Gasteiger partial charge in [-0.3, -0.25) is 0 Å². The summed E-state index contributed by atoms with van der Waals surface area (Å²) in [5.41, 5.74) is 0. The van der Waals surface area contributed by atoms with Crippen LogP contribution in [0.3, 0.4) is 0 Å².